The lowest BCUT2D eigenvalue weighted by Gasteiger charge is -2.11. The Bertz CT molecular complexity index is 391. The monoisotopic (exact) mass is 237 g/mol. The molecule has 1 aromatic carbocycles. The highest BCUT2D eigenvalue weighted by atomic mass is 16.3. The van der Waals surface area contributed by atoms with E-state index in [0.717, 1.165) is 6.42 Å². The summed E-state index contributed by atoms with van der Waals surface area (Å²) in [6.07, 6.45) is 1.21. The molecule has 0 bridgehead atoms. The lowest BCUT2D eigenvalue weighted by molar-refractivity contribution is 0.100. The normalized spacial score (nSPS) is 12.1. The average molecular weight is 237 g/mol. The first-order valence-corrected chi connectivity index (χ1v) is 5.62. The molecule has 0 radical (unpaired) electrons. The molecule has 0 saturated heterocycles. The maximum absolute atomic E-state index is 11.2. The van der Waals surface area contributed by atoms with Crippen molar-refractivity contribution in [3.8, 4) is 0 Å². The molecule has 5 nitrogen and oxygen atoms in total. The fraction of sp³-hybridized carbons (Fsp3) is 0.417. The molecule has 0 spiro atoms. The summed E-state index contributed by atoms with van der Waals surface area (Å²) in [5.41, 5.74) is 12.6. The second-order valence-electron chi connectivity index (χ2n) is 4.09. The summed E-state index contributed by atoms with van der Waals surface area (Å²) in [5, 5.41) is 12.2. The molecular formula is C12H19N3O2. The number of primary amides is 1. The number of nitrogens with two attached hydrogens (primary N) is 2. The van der Waals surface area contributed by atoms with Gasteiger partial charge < -0.3 is 21.9 Å². The van der Waals surface area contributed by atoms with Crippen molar-refractivity contribution in [2.45, 2.75) is 25.9 Å². The Kier molecular flexibility index (Phi) is 4.78. The van der Waals surface area contributed by atoms with Crippen LogP contribution in [0.25, 0.3) is 0 Å². The van der Waals surface area contributed by atoms with Crippen LogP contribution in [0.5, 0.6) is 0 Å². The third kappa shape index (κ3) is 4.32. The fourth-order valence-corrected chi connectivity index (χ4v) is 1.54. The lowest BCUT2D eigenvalue weighted by Crippen LogP contribution is -2.15. The molecular weight excluding hydrogens is 218 g/mol. The summed E-state index contributed by atoms with van der Waals surface area (Å²) in [7, 11) is 0. The van der Waals surface area contributed by atoms with E-state index in [0.29, 0.717) is 29.9 Å². The van der Waals surface area contributed by atoms with E-state index in [9.17, 15) is 4.79 Å². The van der Waals surface area contributed by atoms with Crippen LogP contribution < -0.4 is 16.8 Å². The van der Waals surface area contributed by atoms with Crippen molar-refractivity contribution in [2.75, 3.05) is 17.6 Å². The highest BCUT2D eigenvalue weighted by Gasteiger charge is 2.07. The predicted molar refractivity (Wildman–Crippen MR) is 68.8 cm³/mol. The van der Waals surface area contributed by atoms with Crippen molar-refractivity contribution >= 4 is 17.3 Å². The zero-order chi connectivity index (χ0) is 12.8. The zero-order valence-electron chi connectivity index (χ0n) is 9.94. The van der Waals surface area contributed by atoms with E-state index >= 15 is 0 Å². The second kappa shape index (κ2) is 6.10. The number of rotatable bonds is 6. The van der Waals surface area contributed by atoms with Gasteiger partial charge in [-0.1, -0.05) is 0 Å². The van der Waals surface area contributed by atoms with Crippen LogP contribution in [0, 0.1) is 0 Å². The molecule has 5 heteroatoms. The molecule has 1 amide bonds. The number of benzene rings is 1. The van der Waals surface area contributed by atoms with E-state index in [1.807, 2.05) is 0 Å². The van der Waals surface area contributed by atoms with Gasteiger partial charge in [0.05, 0.1) is 11.7 Å². The van der Waals surface area contributed by atoms with E-state index in [-0.39, 0.29) is 6.10 Å². The molecule has 1 unspecified atom stereocenters. The Morgan fingerprint density at radius 1 is 1.53 bits per heavy atom. The lowest BCUT2D eigenvalue weighted by atomic mass is 10.1. The van der Waals surface area contributed by atoms with Gasteiger partial charge in [-0.3, -0.25) is 4.79 Å². The van der Waals surface area contributed by atoms with Crippen molar-refractivity contribution in [1.82, 2.24) is 0 Å². The van der Waals surface area contributed by atoms with Crippen molar-refractivity contribution in [3.63, 3.8) is 0 Å². The molecule has 6 N–H and O–H groups in total. The topological polar surface area (TPSA) is 101 Å². The number of aliphatic hydroxyl groups excluding tert-OH is 1. The summed E-state index contributed by atoms with van der Waals surface area (Å²) in [6.45, 7) is 2.41. The van der Waals surface area contributed by atoms with Crippen LogP contribution in [0.3, 0.4) is 0 Å². The van der Waals surface area contributed by atoms with Crippen molar-refractivity contribution in [1.29, 1.82) is 0 Å². The van der Waals surface area contributed by atoms with Gasteiger partial charge in [0.1, 0.15) is 0 Å². The number of aliphatic hydroxyl groups is 1. The molecule has 0 aliphatic carbocycles. The van der Waals surface area contributed by atoms with Gasteiger partial charge in [0.15, 0.2) is 0 Å². The SMILES string of the molecule is CC(O)CCCNc1cc(N)ccc1C(N)=O. The third-order valence-electron chi connectivity index (χ3n) is 2.42. The van der Waals surface area contributed by atoms with Crippen molar-refractivity contribution in [3.05, 3.63) is 23.8 Å². The highest BCUT2D eigenvalue weighted by Crippen LogP contribution is 2.18. The van der Waals surface area contributed by atoms with Crippen LogP contribution in [-0.4, -0.2) is 23.7 Å². The molecule has 1 rings (SSSR count). The minimum Gasteiger partial charge on any atom is -0.399 e. The predicted octanol–water partition coefficient (Wildman–Crippen LogP) is 0.941. The molecule has 17 heavy (non-hydrogen) atoms. The summed E-state index contributed by atoms with van der Waals surface area (Å²) >= 11 is 0. The fourth-order valence-electron chi connectivity index (χ4n) is 1.54. The summed E-state index contributed by atoms with van der Waals surface area (Å²) < 4.78 is 0. The minimum absolute atomic E-state index is 0.312. The number of nitrogen functional groups attached to an aromatic ring is 1. The number of carbonyl (C=O) groups excluding carboxylic acids is 1. The maximum atomic E-state index is 11.2. The third-order valence-corrected chi connectivity index (χ3v) is 2.42. The van der Waals surface area contributed by atoms with Crippen LogP contribution in [0.4, 0.5) is 11.4 Å². The molecule has 0 aliphatic rings. The van der Waals surface area contributed by atoms with E-state index in [2.05, 4.69) is 5.32 Å². The van der Waals surface area contributed by atoms with Gasteiger partial charge in [0, 0.05) is 17.9 Å². The Labute approximate surface area is 101 Å². The van der Waals surface area contributed by atoms with Crippen LogP contribution in [0.1, 0.15) is 30.1 Å². The number of nitrogens with one attached hydrogen (secondary N) is 1. The quantitative estimate of drug-likeness (QED) is 0.437. The standard InChI is InChI=1S/C12H19N3O2/c1-8(16)3-2-6-15-11-7-9(13)4-5-10(11)12(14)17/h4-5,7-8,15-16H,2-3,6,13H2,1H3,(H2,14,17). The number of hydrogen-bond donors (Lipinski definition) is 4. The highest BCUT2D eigenvalue weighted by molar-refractivity contribution is 5.99. The number of amides is 1. The Hall–Kier alpha value is -1.75. The zero-order valence-corrected chi connectivity index (χ0v) is 9.94. The Morgan fingerprint density at radius 2 is 2.24 bits per heavy atom. The summed E-state index contributed by atoms with van der Waals surface area (Å²) in [5.74, 6) is -0.483. The molecule has 1 aromatic rings. The van der Waals surface area contributed by atoms with Crippen LogP contribution in [0.2, 0.25) is 0 Å². The van der Waals surface area contributed by atoms with Gasteiger partial charge in [-0.25, -0.2) is 0 Å². The van der Waals surface area contributed by atoms with Crippen LogP contribution in [0.15, 0.2) is 18.2 Å². The van der Waals surface area contributed by atoms with Gasteiger partial charge in [-0.2, -0.15) is 0 Å². The number of anilines is 2. The van der Waals surface area contributed by atoms with Crippen LogP contribution >= 0.6 is 0 Å². The Balaban J connectivity index is 2.62. The van der Waals surface area contributed by atoms with Crippen LogP contribution in [-0.2, 0) is 0 Å². The van der Waals surface area contributed by atoms with Gasteiger partial charge in [-0.05, 0) is 38.0 Å². The Morgan fingerprint density at radius 3 is 2.82 bits per heavy atom. The average Bonchev–Trinajstić information content (AvgIpc) is 2.23. The minimum atomic E-state index is -0.483. The number of hydrogen-bond acceptors (Lipinski definition) is 4. The second-order valence-corrected chi connectivity index (χ2v) is 4.09. The van der Waals surface area contributed by atoms with Crippen molar-refractivity contribution in [2.24, 2.45) is 5.73 Å². The van der Waals surface area contributed by atoms with Gasteiger partial charge >= 0.3 is 0 Å². The van der Waals surface area contributed by atoms with E-state index in [1.165, 1.54) is 0 Å². The summed E-state index contributed by atoms with van der Waals surface area (Å²) in [6, 6.07) is 4.93. The molecule has 0 aromatic heterocycles. The molecule has 1 atom stereocenters. The first-order valence-electron chi connectivity index (χ1n) is 5.62. The van der Waals surface area contributed by atoms with Gasteiger partial charge in [-0.15, -0.1) is 0 Å². The van der Waals surface area contributed by atoms with E-state index < -0.39 is 5.91 Å². The summed E-state index contributed by atoms with van der Waals surface area (Å²) in [4.78, 5) is 11.2. The molecule has 94 valence electrons. The molecule has 0 fully saturated rings. The number of carbonyl (C=O) groups is 1. The first-order chi connectivity index (χ1) is 8.00. The maximum Gasteiger partial charge on any atom is 0.250 e. The van der Waals surface area contributed by atoms with E-state index in [1.54, 1.807) is 25.1 Å². The van der Waals surface area contributed by atoms with E-state index in [4.69, 9.17) is 16.6 Å². The van der Waals surface area contributed by atoms with Gasteiger partial charge in [0.25, 0.3) is 5.91 Å². The first kappa shape index (κ1) is 13.3. The largest absolute Gasteiger partial charge is 0.399 e. The molecule has 0 heterocycles. The van der Waals surface area contributed by atoms with Crippen molar-refractivity contribution < 1.29 is 9.90 Å². The molecule has 0 saturated carbocycles. The smallest absolute Gasteiger partial charge is 0.250 e. The molecule has 0 aliphatic heterocycles. The van der Waals surface area contributed by atoms with Gasteiger partial charge in [0.2, 0.25) is 0 Å².